The molecule has 1 atom stereocenters. The van der Waals surface area contributed by atoms with Gasteiger partial charge in [0.15, 0.2) is 0 Å². The minimum atomic E-state index is -0.430. The zero-order valence-electron chi connectivity index (χ0n) is 14.5. The third-order valence-electron chi connectivity index (χ3n) is 4.97. The minimum Gasteiger partial charge on any atom is -0.367 e. The van der Waals surface area contributed by atoms with E-state index in [1.807, 2.05) is 30.3 Å². The van der Waals surface area contributed by atoms with Gasteiger partial charge in [0, 0.05) is 36.1 Å². The van der Waals surface area contributed by atoms with E-state index in [4.69, 9.17) is 4.74 Å². The van der Waals surface area contributed by atoms with Gasteiger partial charge in [-0.15, -0.1) is 0 Å². The van der Waals surface area contributed by atoms with Crippen LogP contribution in [0.5, 0.6) is 0 Å². The summed E-state index contributed by atoms with van der Waals surface area (Å²) in [4.78, 5) is 17.3. The summed E-state index contributed by atoms with van der Waals surface area (Å²) in [6, 6.07) is 15.4. The van der Waals surface area contributed by atoms with Gasteiger partial charge < -0.3 is 9.64 Å². The Labute approximate surface area is 151 Å². The summed E-state index contributed by atoms with van der Waals surface area (Å²) in [5, 5.41) is 12.7. The Morgan fingerprint density at radius 3 is 2.73 bits per heavy atom. The zero-order chi connectivity index (χ0) is 18.1. The number of pyridine rings is 1. The summed E-state index contributed by atoms with van der Waals surface area (Å²) in [7, 11) is 0. The summed E-state index contributed by atoms with van der Waals surface area (Å²) in [5.74, 6) is 0. The molecule has 1 fully saturated rings. The van der Waals surface area contributed by atoms with Crippen molar-refractivity contribution < 1.29 is 9.66 Å². The van der Waals surface area contributed by atoms with Gasteiger partial charge in [-0.3, -0.25) is 15.1 Å². The molecular formula is C20H19N3O3. The lowest BCUT2D eigenvalue weighted by molar-refractivity contribution is -0.383. The Kier molecular flexibility index (Phi) is 4.05. The number of rotatable bonds is 3. The van der Waals surface area contributed by atoms with Crippen LogP contribution in [-0.2, 0) is 10.3 Å². The van der Waals surface area contributed by atoms with Crippen molar-refractivity contribution in [2.45, 2.75) is 12.5 Å². The van der Waals surface area contributed by atoms with E-state index in [2.05, 4.69) is 28.9 Å². The number of fused-ring (bicyclic) bond motifs is 1. The molecule has 1 aliphatic rings. The predicted molar refractivity (Wildman–Crippen MR) is 100 cm³/mol. The molecule has 0 aliphatic carbocycles. The van der Waals surface area contributed by atoms with E-state index in [0.29, 0.717) is 18.5 Å². The molecule has 0 bridgehead atoms. The van der Waals surface area contributed by atoms with Gasteiger partial charge >= 0.3 is 0 Å². The van der Waals surface area contributed by atoms with Crippen molar-refractivity contribution in [3.8, 4) is 0 Å². The number of benzene rings is 2. The number of morpholine rings is 1. The molecule has 0 amide bonds. The van der Waals surface area contributed by atoms with Crippen LogP contribution in [0.1, 0.15) is 12.5 Å². The van der Waals surface area contributed by atoms with E-state index >= 15 is 0 Å². The quantitative estimate of drug-likeness (QED) is 0.530. The Morgan fingerprint density at radius 1 is 1.15 bits per heavy atom. The first-order valence-corrected chi connectivity index (χ1v) is 8.54. The van der Waals surface area contributed by atoms with E-state index in [0.717, 1.165) is 23.2 Å². The average molecular weight is 349 g/mol. The van der Waals surface area contributed by atoms with Crippen molar-refractivity contribution in [3.63, 3.8) is 0 Å². The molecule has 0 spiro atoms. The lowest BCUT2D eigenvalue weighted by Gasteiger charge is -2.42. The molecule has 6 heteroatoms. The fraction of sp³-hybridized carbons (Fsp3) is 0.250. The highest BCUT2D eigenvalue weighted by molar-refractivity contribution is 5.99. The first-order chi connectivity index (χ1) is 12.6. The standard InChI is InChI=1S/C20H19N3O3/c1-20(15-5-3-2-4-6-15)14-22(11-12-26-20)18-7-8-19(23(24)25)17-13-21-10-9-16(17)18/h2-10,13H,11-12,14H2,1H3. The fourth-order valence-electron chi connectivity index (χ4n) is 3.64. The first kappa shape index (κ1) is 16.5. The van der Waals surface area contributed by atoms with E-state index in [9.17, 15) is 10.1 Å². The number of anilines is 1. The Morgan fingerprint density at radius 2 is 1.96 bits per heavy atom. The first-order valence-electron chi connectivity index (χ1n) is 8.54. The second-order valence-corrected chi connectivity index (χ2v) is 6.65. The molecule has 132 valence electrons. The number of nitrogens with zero attached hydrogens (tertiary/aromatic N) is 3. The normalized spacial score (nSPS) is 20.3. The molecule has 6 nitrogen and oxygen atoms in total. The zero-order valence-corrected chi connectivity index (χ0v) is 14.5. The summed E-state index contributed by atoms with van der Waals surface area (Å²) >= 11 is 0. The van der Waals surface area contributed by atoms with E-state index < -0.39 is 5.60 Å². The second-order valence-electron chi connectivity index (χ2n) is 6.65. The number of aromatic nitrogens is 1. The van der Waals surface area contributed by atoms with Crippen LogP contribution >= 0.6 is 0 Å². The van der Waals surface area contributed by atoms with Gasteiger partial charge in [-0.05, 0) is 24.6 Å². The molecule has 1 unspecified atom stereocenters. The smallest absolute Gasteiger partial charge is 0.278 e. The van der Waals surface area contributed by atoms with Crippen molar-refractivity contribution in [2.24, 2.45) is 0 Å². The van der Waals surface area contributed by atoms with Crippen LogP contribution in [0.15, 0.2) is 60.9 Å². The Hall–Kier alpha value is -2.99. The number of nitro benzene ring substituents is 1. The molecule has 4 rings (SSSR count). The largest absolute Gasteiger partial charge is 0.367 e. The molecule has 2 aromatic carbocycles. The minimum absolute atomic E-state index is 0.0796. The van der Waals surface area contributed by atoms with Gasteiger partial charge in [-0.25, -0.2) is 0 Å². The highest BCUT2D eigenvalue weighted by atomic mass is 16.6. The van der Waals surface area contributed by atoms with Crippen LogP contribution in [0, 0.1) is 10.1 Å². The van der Waals surface area contributed by atoms with Crippen molar-refractivity contribution in [2.75, 3.05) is 24.6 Å². The van der Waals surface area contributed by atoms with Crippen LogP contribution < -0.4 is 4.90 Å². The summed E-state index contributed by atoms with van der Waals surface area (Å²) < 4.78 is 6.12. The maximum Gasteiger partial charge on any atom is 0.278 e. The van der Waals surface area contributed by atoms with Crippen LogP contribution in [0.2, 0.25) is 0 Å². The molecule has 0 N–H and O–H groups in total. The number of ether oxygens (including phenoxy) is 1. The monoisotopic (exact) mass is 349 g/mol. The van der Waals surface area contributed by atoms with Crippen molar-refractivity contribution in [1.82, 2.24) is 4.98 Å². The van der Waals surface area contributed by atoms with Crippen molar-refractivity contribution in [1.29, 1.82) is 0 Å². The summed E-state index contributed by atoms with van der Waals surface area (Å²) in [6.45, 7) is 4.09. The predicted octanol–water partition coefficient (Wildman–Crippen LogP) is 3.90. The molecule has 0 radical (unpaired) electrons. The SMILES string of the molecule is CC1(c2ccccc2)CN(c2ccc([N+](=O)[O-])c3cnccc23)CCO1. The molecule has 26 heavy (non-hydrogen) atoms. The molecule has 0 saturated carbocycles. The van der Waals surface area contributed by atoms with Gasteiger partial charge in [0.2, 0.25) is 0 Å². The Bertz CT molecular complexity index is 961. The molecular weight excluding hydrogens is 330 g/mol. The van der Waals surface area contributed by atoms with Crippen LogP contribution in [0.4, 0.5) is 11.4 Å². The lowest BCUT2D eigenvalue weighted by Crippen LogP contribution is -2.48. The van der Waals surface area contributed by atoms with E-state index in [-0.39, 0.29) is 10.6 Å². The highest BCUT2D eigenvalue weighted by Gasteiger charge is 2.34. The number of hydrogen-bond acceptors (Lipinski definition) is 5. The van der Waals surface area contributed by atoms with Crippen LogP contribution in [0.25, 0.3) is 10.8 Å². The number of non-ortho nitro benzene ring substituents is 1. The highest BCUT2D eigenvalue weighted by Crippen LogP contribution is 2.37. The maximum atomic E-state index is 11.3. The molecule has 2 heterocycles. The Balaban J connectivity index is 1.76. The van der Waals surface area contributed by atoms with E-state index in [1.165, 1.54) is 0 Å². The third kappa shape index (κ3) is 2.78. The lowest BCUT2D eigenvalue weighted by atomic mass is 9.93. The molecule has 1 saturated heterocycles. The summed E-state index contributed by atoms with van der Waals surface area (Å²) in [6.07, 6.45) is 3.24. The van der Waals surface area contributed by atoms with Crippen LogP contribution in [0.3, 0.4) is 0 Å². The summed E-state index contributed by atoms with van der Waals surface area (Å²) in [5.41, 5.74) is 1.74. The number of hydrogen-bond donors (Lipinski definition) is 0. The van der Waals surface area contributed by atoms with Crippen molar-refractivity contribution >= 4 is 22.1 Å². The maximum absolute atomic E-state index is 11.3. The molecule has 1 aromatic heterocycles. The number of nitro groups is 1. The fourth-order valence-corrected chi connectivity index (χ4v) is 3.64. The van der Waals surface area contributed by atoms with Gasteiger partial charge in [0.05, 0.1) is 23.5 Å². The van der Waals surface area contributed by atoms with Crippen molar-refractivity contribution in [3.05, 3.63) is 76.6 Å². The van der Waals surface area contributed by atoms with Gasteiger partial charge in [-0.1, -0.05) is 30.3 Å². The topological polar surface area (TPSA) is 68.5 Å². The van der Waals surface area contributed by atoms with Gasteiger partial charge in [0.1, 0.15) is 5.60 Å². The molecule has 3 aromatic rings. The average Bonchev–Trinajstić information content (AvgIpc) is 2.67. The molecule has 1 aliphatic heterocycles. The third-order valence-corrected chi connectivity index (χ3v) is 4.97. The second kappa shape index (κ2) is 6.38. The van der Waals surface area contributed by atoms with Gasteiger partial charge in [-0.2, -0.15) is 0 Å². The van der Waals surface area contributed by atoms with E-state index in [1.54, 1.807) is 18.5 Å². The van der Waals surface area contributed by atoms with Crippen LogP contribution in [-0.4, -0.2) is 29.6 Å². The van der Waals surface area contributed by atoms with Gasteiger partial charge in [0.25, 0.3) is 5.69 Å².